The summed E-state index contributed by atoms with van der Waals surface area (Å²) in [6.07, 6.45) is 3.86. The highest BCUT2D eigenvalue weighted by Crippen LogP contribution is 2.48. The molecule has 1 saturated carbocycles. The van der Waals surface area contributed by atoms with Crippen LogP contribution < -0.4 is 0 Å². The van der Waals surface area contributed by atoms with Crippen LogP contribution in [0.5, 0.6) is 0 Å². The number of benzene rings is 2. The summed E-state index contributed by atoms with van der Waals surface area (Å²) < 4.78 is 0. The lowest BCUT2D eigenvalue weighted by Gasteiger charge is -2.44. The molecule has 2 aromatic rings. The lowest BCUT2D eigenvalue weighted by atomic mass is 9.60. The van der Waals surface area contributed by atoms with Crippen LogP contribution >= 0.6 is 0 Å². The summed E-state index contributed by atoms with van der Waals surface area (Å²) in [7, 11) is 0. The number of hydrogen-bond donors (Lipinski definition) is 0. The molecular formula is C20H24. The fourth-order valence-electron chi connectivity index (χ4n) is 3.82. The summed E-state index contributed by atoms with van der Waals surface area (Å²) in [4.78, 5) is 0. The average molecular weight is 264 g/mol. The molecule has 0 spiro atoms. The first kappa shape index (κ1) is 13.4. The van der Waals surface area contributed by atoms with Crippen molar-refractivity contribution in [2.75, 3.05) is 0 Å². The molecule has 2 aromatic carbocycles. The molecule has 104 valence electrons. The Labute approximate surface area is 122 Å². The Morgan fingerprint density at radius 2 is 1.25 bits per heavy atom. The summed E-state index contributed by atoms with van der Waals surface area (Å²) in [5, 5.41) is 0. The van der Waals surface area contributed by atoms with E-state index in [1.165, 1.54) is 30.4 Å². The van der Waals surface area contributed by atoms with Gasteiger partial charge < -0.3 is 0 Å². The van der Waals surface area contributed by atoms with Crippen molar-refractivity contribution in [2.45, 2.75) is 38.5 Å². The molecule has 1 fully saturated rings. The largest absolute Gasteiger partial charge is 0.0623 e. The summed E-state index contributed by atoms with van der Waals surface area (Å²) in [5.41, 5.74) is 3.20. The molecule has 2 atom stereocenters. The van der Waals surface area contributed by atoms with E-state index >= 15 is 0 Å². The predicted octanol–water partition coefficient (Wildman–Crippen LogP) is 5.43. The maximum Gasteiger partial charge on any atom is 0.0205 e. The van der Waals surface area contributed by atoms with Crippen molar-refractivity contribution in [3.63, 3.8) is 0 Å². The quantitative estimate of drug-likeness (QED) is 0.678. The summed E-state index contributed by atoms with van der Waals surface area (Å²) in [5.74, 6) is 1.62. The summed E-state index contributed by atoms with van der Waals surface area (Å²) in [6.45, 7) is 4.83. The standard InChI is InChI=1S/C20H24/c1-16-13-14-20(15-17(16)2,18-9-5-3-6-10-18)19-11-7-4-8-12-19/h3-12,16-17H,13-15H2,1-2H3. The fourth-order valence-corrected chi connectivity index (χ4v) is 3.82. The van der Waals surface area contributed by atoms with Crippen LogP contribution in [0.4, 0.5) is 0 Å². The minimum atomic E-state index is 0.217. The molecule has 0 N–H and O–H groups in total. The zero-order valence-corrected chi connectivity index (χ0v) is 12.5. The molecule has 0 bridgehead atoms. The highest BCUT2D eigenvalue weighted by atomic mass is 14.4. The van der Waals surface area contributed by atoms with Crippen LogP contribution in [0.25, 0.3) is 0 Å². The maximum atomic E-state index is 2.42. The van der Waals surface area contributed by atoms with Gasteiger partial charge >= 0.3 is 0 Å². The first-order chi connectivity index (χ1) is 9.72. The van der Waals surface area contributed by atoms with Crippen molar-refractivity contribution < 1.29 is 0 Å². The second-order valence-electron chi connectivity index (χ2n) is 6.51. The van der Waals surface area contributed by atoms with E-state index in [1.807, 2.05) is 0 Å². The Morgan fingerprint density at radius 1 is 0.750 bits per heavy atom. The lowest BCUT2D eigenvalue weighted by molar-refractivity contribution is 0.201. The number of rotatable bonds is 2. The van der Waals surface area contributed by atoms with Crippen LogP contribution in [0.3, 0.4) is 0 Å². The normalized spacial score (nSPS) is 25.3. The highest BCUT2D eigenvalue weighted by Gasteiger charge is 2.40. The zero-order valence-electron chi connectivity index (χ0n) is 12.5. The van der Waals surface area contributed by atoms with Crippen LogP contribution in [-0.4, -0.2) is 0 Å². The second-order valence-corrected chi connectivity index (χ2v) is 6.51. The van der Waals surface area contributed by atoms with E-state index < -0.39 is 0 Å². The third-order valence-corrected chi connectivity index (χ3v) is 5.32. The van der Waals surface area contributed by atoms with Gasteiger partial charge in [-0.2, -0.15) is 0 Å². The molecule has 1 aliphatic rings. The van der Waals surface area contributed by atoms with E-state index in [9.17, 15) is 0 Å². The van der Waals surface area contributed by atoms with Crippen LogP contribution in [0.2, 0.25) is 0 Å². The van der Waals surface area contributed by atoms with Crippen molar-refractivity contribution in [1.82, 2.24) is 0 Å². The third-order valence-electron chi connectivity index (χ3n) is 5.32. The average Bonchev–Trinajstić information content (AvgIpc) is 2.52. The van der Waals surface area contributed by atoms with Gasteiger partial charge in [0.1, 0.15) is 0 Å². The minimum absolute atomic E-state index is 0.217. The van der Waals surface area contributed by atoms with Gasteiger partial charge in [-0.25, -0.2) is 0 Å². The third kappa shape index (κ3) is 2.28. The molecule has 0 aliphatic heterocycles. The Kier molecular flexibility index (Phi) is 3.65. The van der Waals surface area contributed by atoms with Crippen molar-refractivity contribution >= 4 is 0 Å². The van der Waals surface area contributed by atoms with Crippen LogP contribution in [0.1, 0.15) is 44.2 Å². The van der Waals surface area contributed by atoms with Gasteiger partial charge in [-0.1, -0.05) is 74.5 Å². The zero-order chi connectivity index (χ0) is 14.0. The van der Waals surface area contributed by atoms with Gasteiger partial charge in [-0.3, -0.25) is 0 Å². The topological polar surface area (TPSA) is 0 Å². The summed E-state index contributed by atoms with van der Waals surface area (Å²) >= 11 is 0. The SMILES string of the molecule is CC1CCC(c2ccccc2)(c2ccccc2)CC1C. The highest BCUT2D eigenvalue weighted by molar-refractivity contribution is 5.40. The number of hydrogen-bond acceptors (Lipinski definition) is 0. The maximum absolute atomic E-state index is 2.42. The van der Waals surface area contributed by atoms with E-state index in [0.717, 1.165) is 11.8 Å². The molecule has 0 radical (unpaired) electrons. The van der Waals surface area contributed by atoms with Crippen LogP contribution in [-0.2, 0) is 5.41 Å². The Morgan fingerprint density at radius 3 is 1.70 bits per heavy atom. The van der Waals surface area contributed by atoms with Gasteiger partial charge in [0.2, 0.25) is 0 Å². The first-order valence-corrected chi connectivity index (χ1v) is 7.83. The minimum Gasteiger partial charge on any atom is -0.0623 e. The molecule has 20 heavy (non-hydrogen) atoms. The second kappa shape index (κ2) is 5.44. The van der Waals surface area contributed by atoms with Gasteiger partial charge in [0.05, 0.1) is 0 Å². The van der Waals surface area contributed by atoms with E-state index in [0.29, 0.717) is 0 Å². The Balaban J connectivity index is 2.09. The smallest absolute Gasteiger partial charge is 0.0205 e. The molecule has 1 aliphatic carbocycles. The molecule has 0 heterocycles. The Hall–Kier alpha value is -1.56. The molecular weight excluding hydrogens is 240 g/mol. The van der Waals surface area contributed by atoms with Crippen LogP contribution in [0.15, 0.2) is 60.7 Å². The van der Waals surface area contributed by atoms with E-state index in [4.69, 9.17) is 0 Å². The van der Waals surface area contributed by atoms with Crippen molar-refractivity contribution in [1.29, 1.82) is 0 Å². The van der Waals surface area contributed by atoms with E-state index in [1.54, 1.807) is 0 Å². The molecule has 0 saturated heterocycles. The molecule has 3 rings (SSSR count). The molecule has 0 aromatic heterocycles. The van der Waals surface area contributed by atoms with Crippen LogP contribution in [0, 0.1) is 11.8 Å². The van der Waals surface area contributed by atoms with Gasteiger partial charge in [-0.05, 0) is 42.2 Å². The molecule has 0 nitrogen and oxygen atoms in total. The van der Waals surface area contributed by atoms with Gasteiger partial charge in [0.15, 0.2) is 0 Å². The van der Waals surface area contributed by atoms with Gasteiger partial charge in [0, 0.05) is 5.41 Å². The monoisotopic (exact) mass is 264 g/mol. The lowest BCUT2D eigenvalue weighted by Crippen LogP contribution is -2.36. The Bertz CT molecular complexity index is 501. The molecule has 0 amide bonds. The van der Waals surface area contributed by atoms with Crippen molar-refractivity contribution in [3.05, 3.63) is 71.8 Å². The van der Waals surface area contributed by atoms with E-state index in [2.05, 4.69) is 74.5 Å². The van der Waals surface area contributed by atoms with Gasteiger partial charge in [0.25, 0.3) is 0 Å². The summed E-state index contributed by atoms with van der Waals surface area (Å²) in [6, 6.07) is 22.2. The van der Waals surface area contributed by atoms with Crippen molar-refractivity contribution in [2.24, 2.45) is 11.8 Å². The fraction of sp³-hybridized carbons (Fsp3) is 0.400. The molecule has 0 heteroatoms. The van der Waals surface area contributed by atoms with Crippen molar-refractivity contribution in [3.8, 4) is 0 Å². The predicted molar refractivity (Wildman–Crippen MR) is 85.8 cm³/mol. The van der Waals surface area contributed by atoms with Gasteiger partial charge in [-0.15, -0.1) is 0 Å². The first-order valence-electron chi connectivity index (χ1n) is 7.83. The molecule has 2 unspecified atom stereocenters. The van der Waals surface area contributed by atoms with E-state index in [-0.39, 0.29) is 5.41 Å².